The van der Waals surface area contributed by atoms with E-state index in [-0.39, 0.29) is 35.7 Å². The molecule has 0 fully saturated rings. The number of hydrogen-bond donors (Lipinski definition) is 1. The zero-order valence-corrected chi connectivity index (χ0v) is 20.9. The zero-order valence-electron chi connectivity index (χ0n) is 20.1. The Balaban J connectivity index is 2.09. The number of carbonyl (C=O) groups is 2. The van der Waals surface area contributed by atoms with E-state index in [0.29, 0.717) is 13.0 Å². The first-order valence-electron chi connectivity index (χ1n) is 11.2. The third kappa shape index (κ3) is 7.40. The van der Waals surface area contributed by atoms with Gasteiger partial charge in [-0.3, -0.25) is 9.59 Å². The second kappa shape index (κ2) is 12.0. The lowest BCUT2D eigenvalue weighted by Crippen LogP contribution is -2.49. The summed E-state index contributed by atoms with van der Waals surface area (Å²) in [6, 6.07) is 15.3. The first-order valence-corrected chi connectivity index (χ1v) is 12.6. The van der Waals surface area contributed by atoms with Crippen LogP contribution in [-0.2, 0) is 26.2 Å². The number of rotatable bonds is 11. The maximum atomic E-state index is 13.2. The van der Waals surface area contributed by atoms with E-state index >= 15 is 0 Å². The second-order valence-corrected chi connectivity index (χ2v) is 10.6. The van der Waals surface area contributed by atoms with Crippen LogP contribution in [0.1, 0.15) is 44.7 Å². The lowest BCUT2D eigenvalue weighted by Gasteiger charge is -2.30. The van der Waals surface area contributed by atoms with Crippen LogP contribution in [0.3, 0.4) is 0 Å². The van der Waals surface area contributed by atoms with Crippen molar-refractivity contribution in [3.05, 3.63) is 65.7 Å². The smallest absolute Gasteiger partial charge is 0.242 e. The van der Waals surface area contributed by atoms with Crippen molar-refractivity contribution >= 4 is 21.8 Å². The Bertz CT molecular complexity index is 1040. The average molecular weight is 474 g/mol. The maximum Gasteiger partial charge on any atom is 0.242 e. The van der Waals surface area contributed by atoms with Gasteiger partial charge in [-0.15, -0.1) is 0 Å². The molecule has 0 spiro atoms. The maximum absolute atomic E-state index is 13.2. The Hall–Kier alpha value is -2.71. The van der Waals surface area contributed by atoms with Crippen molar-refractivity contribution in [3.63, 3.8) is 0 Å². The van der Waals surface area contributed by atoms with Gasteiger partial charge in [0.05, 0.1) is 4.90 Å². The van der Waals surface area contributed by atoms with Gasteiger partial charge in [-0.05, 0) is 57.4 Å². The summed E-state index contributed by atoms with van der Waals surface area (Å²) >= 11 is 0. The highest BCUT2D eigenvalue weighted by molar-refractivity contribution is 7.89. The highest BCUT2D eigenvalue weighted by atomic mass is 32.2. The number of aryl methyl sites for hydroxylation is 1. The fourth-order valence-corrected chi connectivity index (χ4v) is 4.68. The molecule has 0 saturated heterocycles. The van der Waals surface area contributed by atoms with Crippen LogP contribution in [0.2, 0.25) is 0 Å². The van der Waals surface area contributed by atoms with Crippen LogP contribution in [0.4, 0.5) is 0 Å². The summed E-state index contributed by atoms with van der Waals surface area (Å²) in [6.07, 6.45) is 0.490. The lowest BCUT2D eigenvalue weighted by atomic mass is 10.1. The van der Waals surface area contributed by atoms with Crippen molar-refractivity contribution in [2.24, 2.45) is 0 Å². The van der Waals surface area contributed by atoms with Crippen molar-refractivity contribution in [1.82, 2.24) is 14.5 Å². The van der Waals surface area contributed by atoms with E-state index in [1.807, 2.05) is 45.0 Å². The largest absolute Gasteiger partial charge is 0.352 e. The summed E-state index contributed by atoms with van der Waals surface area (Å²) in [5.41, 5.74) is 2.01. The van der Waals surface area contributed by atoms with Gasteiger partial charge in [0.1, 0.15) is 6.04 Å². The van der Waals surface area contributed by atoms with Crippen molar-refractivity contribution < 1.29 is 18.0 Å². The van der Waals surface area contributed by atoms with Gasteiger partial charge in [-0.25, -0.2) is 12.7 Å². The number of hydrogen-bond acceptors (Lipinski definition) is 4. The number of benzene rings is 2. The topological polar surface area (TPSA) is 86.8 Å². The van der Waals surface area contributed by atoms with E-state index in [9.17, 15) is 18.0 Å². The standard InChI is InChI=1S/C25H35N3O4S/c1-19(2)26-25(30)21(4)28(18-22-13-10-9-12-20(22)3)24(29)16-11-17-27(5)33(31,32)23-14-7-6-8-15-23/h6-10,12-15,19,21H,11,16-18H2,1-5H3,(H,26,30)/t21-/m1/s1. The quantitative estimate of drug-likeness (QED) is 0.542. The fraction of sp³-hybridized carbons (Fsp3) is 0.440. The monoisotopic (exact) mass is 473 g/mol. The van der Waals surface area contributed by atoms with Gasteiger partial charge < -0.3 is 10.2 Å². The van der Waals surface area contributed by atoms with Crippen LogP contribution in [0.25, 0.3) is 0 Å². The van der Waals surface area contributed by atoms with E-state index in [1.54, 1.807) is 42.2 Å². The van der Waals surface area contributed by atoms with Gasteiger partial charge >= 0.3 is 0 Å². The van der Waals surface area contributed by atoms with E-state index in [2.05, 4.69) is 5.32 Å². The van der Waals surface area contributed by atoms with Crippen molar-refractivity contribution in [2.75, 3.05) is 13.6 Å². The number of carbonyl (C=O) groups excluding carboxylic acids is 2. The summed E-state index contributed by atoms with van der Waals surface area (Å²) in [4.78, 5) is 27.6. The molecule has 0 bridgehead atoms. The molecule has 33 heavy (non-hydrogen) atoms. The molecule has 0 saturated carbocycles. The number of amides is 2. The predicted octanol–water partition coefficient (Wildman–Crippen LogP) is 3.34. The first-order chi connectivity index (χ1) is 15.5. The average Bonchev–Trinajstić information content (AvgIpc) is 2.78. The minimum Gasteiger partial charge on any atom is -0.352 e. The normalized spacial score (nSPS) is 12.6. The SMILES string of the molecule is Cc1ccccc1CN(C(=O)CCCN(C)S(=O)(=O)c1ccccc1)[C@H](C)C(=O)NC(C)C. The van der Waals surface area contributed by atoms with Crippen molar-refractivity contribution in [3.8, 4) is 0 Å². The van der Waals surface area contributed by atoms with Gasteiger partial charge in [-0.1, -0.05) is 42.5 Å². The molecule has 2 amide bonds. The molecule has 0 radical (unpaired) electrons. The molecule has 0 aliphatic rings. The van der Waals surface area contributed by atoms with Gasteiger partial charge in [0.15, 0.2) is 0 Å². The molecule has 0 aromatic heterocycles. The summed E-state index contributed by atoms with van der Waals surface area (Å²) < 4.78 is 26.7. The summed E-state index contributed by atoms with van der Waals surface area (Å²) in [5, 5.41) is 2.87. The van der Waals surface area contributed by atoms with Crippen LogP contribution in [0.15, 0.2) is 59.5 Å². The Labute approximate surface area is 197 Å². The van der Waals surface area contributed by atoms with Crippen LogP contribution < -0.4 is 5.32 Å². The van der Waals surface area contributed by atoms with Gasteiger partial charge in [0, 0.05) is 32.6 Å². The molecule has 1 atom stereocenters. The predicted molar refractivity (Wildman–Crippen MR) is 130 cm³/mol. The van der Waals surface area contributed by atoms with E-state index in [0.717, 1.165) is 11.1 Å². The molecule has 8 heteroatoms. The van der Waals surface area contributed by atoms with Crippen molar-refractivity contribution in [2.45, 2.75) is 64.1 Å². The Morgan fingerprint density at radius 2 is 1.58 bits per heavy atom. The minimum atomic E-state index is -3.61. The van der Waals surface area contributed by atoms with Crippen LogP contribution in [-0.4, -0.2) is 55.1 Å². The molecule has 0 aliphatic carbocycles. The highest BCUT2D eigenvalue weighted by Gasteiger charge is 2.27. The Kier molecular flexibility index (Phi) is 9.61. The molecular weight excluding hydrogens is 438 g/mol. The minimum absolute atomic E-state index is 0.0350. The molecule has 180 valence electrons. The van der Waals surface area contributed by atoms with Crippen molar-refractivity contribution in [1.29, 1.82) is 0 Å². The number of sulfonamides is 1. The molecule has 1 N–H and O–H groups in total. The molecule has 2 rings (SSSR count). The van der Waals surface area contributed by atoms with Crippen LogP contribution in [0.5, 0.6) is 0 Å². The van der Waals surface area contributed by atoms with Crippen LogP contribution in [0, 0.1) is 6.92 Å². The van der Waals surface area contributed by atoms with E-state index in [1.165, 1.54) is 11.4 Å². The molecular formula is C25H35N3O4S. The molecule has 0 heterocycles. The van der Waals surface area contributed by atoms with Gasteiger partial charge in [0.2, 0.25) is 21.8 Å². The number of nitrogens with zero attached hydrogens (tertiary/aromatic N) is 2. The van der Waals surface area contributed by atoms with E-state index < -0.39 is 16.1 Å². The highest BCUT2D eigenvalue weighted by Crippen LogP contribution is 2.17. The van der Waals surface area contributed by atoms with Crippen LogP contribution >= 0.6 is 0 Å². The fourth-order valence-electron chi connectivity index (χ4n) is 3.45. The molecule has 7 nitrogen and oxygen atoms in total. The first kappa shape index (κ1) is 26.5. The lowest BCUT2D eigenvalue weighted by molar-refractivity contribution is -0.140. The second-order valence-electron chi connectivity index (χ2n) is 8.53. The third-order valence-electron chi connectivity index (χ3n) is 5.52. The zero-order chi connectivity index (χ0) is 24.6. The molecule has 2 aromatic carbocycles. The summed E-state index contributed by atoms with van der Waals surface area (Å²) in [6.45, 7) is 7.96. The third-order valence-corrected chi connectivity index (χ3v) is 7.39. The molecule has 2 aromatic rings. The Morgan fingerprint density at radius 1 is 0.970 bits per heavy atom. The summed E-state index contributed by atoms with van der Waals surface area (Å²) in [7, 11) is -2.10. The molecule has 0 unspecified atom stereocenters. The summed E-state index contributed by atoms with van der Waals surface area (Å²) in [5.74, 6) is -0.397. The molecule has 0 aliphatic heterocycles. The number of nitrogens with one attached hydrogen (secondary N) is 1. The Morgan fingerprint density at radius 3 is 2.18 bits per heavy atom. The van der Waals surface area contributed by atoms with Gasteiger partial charge in [0.25, 0.3) is 0 Å². The van der Waals surface area contributed by atoms with Gasteiger partial charge in [-0.2, -0.15) is 0 Å². The van der Waals surface area contributed by atoms with E-state index in [4.69, 9.17) is 0 Å².